The van der Waals surface area contributed by atoms with Crippen LogP contribution in [0.25, 0.3) is 0 Å². The molecule has 0 aliphatic carbocycles. The molecule has 0 aromatic rings. The van der Waals surface area contributed by atoms with Gasteiger partial charge in [0.1, 0.15) is 11.6 Å². The highest BCUT2D eigenvalue weighted by atomic mass is 16.5. The van der Waals surface area contributed by atoms with Gasteiger partial charge < -0.3 is 9.84 Å². The first kappa shape index (κ1) is 18.3. The van der Waals surface area contributed by atoms with Gasteiger partial charge in [-0.1, -0.05) is 26.7 Å². The standard InChI is InChI=1S/C18H30N2O3/c1-5-9-19(18(6-2)12-23-13-18)11-15-8-7-10-20(15)16(14(3)4)17(21)22/h2,14-16H,5,7-13H2,1,3-4H3,(H,21,22). The first-order chi connectivity index (χ1) is 10.9. The van der Waals surface area contributed by atoms with Crippen LogP contribution in [0.2, 0.25) is 0 Å². The highest BCUT2D eigenvalue weighted by Crippen LogP contribution is 2.30. The van der Waals surface area contributed by atoms with Gasteiger partial charge in [-0.15, -0.1) is 6.42 Å². The summed E-state index contributed by atoms with van der Waals surface area (Å²) in [6.07, 6.45) is 8.91. The number of carboxylic acids is 1. The van der Waals surface area contributed by atoms with Crippen molar-refractivity contribution in [3.8, 4) is 12.3 Å². The van der Waals surface area contributed by atoms with Crippen molar-refractivity contribution in [1.29, 1.82) is 0 Å². The number of aliphatic carboxylic acids is 1. The van der Waals surface area contributed by atoms with Crippen LogP contribution in [-0.2, 0) is 9.53 Å². The maximum absolute atomic E-state index is 11.7. The molecule has 5 heteroatoms. The third-order valence-electron chi connectivity index (χ3n) is 5.14. The average molecular weight is 322 g/mol. The van der Waals surface area contributed by atoms with E-state index in [2.05, 4.69) is 22.6 Å². The summed E-state index contributed by atoms with van der Waals surface area (Å²) in [7, 11) is 0. The molecule has 2 aliphatic rings. The average Bonchev–Trinajstić information content (AvgIpc) is 2.85. The molecule has 2 rings (SSSR count). The lowest BCUT2D eigenvalue weighted by Gasteiger charge is -2.48. The Morgan fingerprint density at radius 1 is 1.52 bits per heavy atom. The summed E-state index contributed by atoms with van der Waals surface area (Å²) in [6.45, 7) is 9.92. The minimum atomic E-state index is -0.715. The van der Waals surface area contributed by atoms with Crippen molar-refractivity contribution in [1.82, 2.24) is 9.80 Å². The molecule has 0 aromatic carbocycles. The Bertz CT molecular complexity index is 454. The van der Waals surface area contributed by atoms with Crippen LogP contribution in [0.15, 0.2) is 0 Å². The van der Waals surface area contributed by atoms with Gasteiger partial charge >= 0.3 is 5.97 Å². The van der Waals surface area contributed by atoms with Gasteiger partial charge in [-0.2, -0.15) is 0 Å². The predicted octanol–water partition coefficient (Wildman–Crippen LogP) is 1.67. The third-order valence-corrected chi connectivity index (χ3v) is 5.14. The van der Waals surface area contributed by atoms with Gasteiger partial charge in [0.2, 0.25) is 0 Å². The number of nitrogens with zero attached hydrogens (tertiary/aromatic N) is 2. The normalized spacial score (nSPS) is 25.3. The van der Waals surface area contributed by atoms with Gasteiger partial charge in [0, 0.05) is 12.6 Å². The number of terminal acetylenes is 1. The van der Waals surface area contributed by atoms with Gasteiger partial charge in [-0.3, -0.25) is 14.6 Å². The van der Waals surface area contributed by atoms with Gasteiger partial charge in [0.15, 0.2) is 0 Å². The molecule has 5 nitrogen and oxygen atoms in total. The van der Waals surface area contributed by atoms with Crippen LogP contribution in [0, 0.1) is 18.3 Å². The van der Waals surface area contributed by atoms with Gasteiger partial charge in [-0.25, -0.2) is 0 Å². The lowest BCUT2D eigenvalue weighted by atomic mass is 9.94. The molecule has 2 heterocycles. The summed E-state index contributed by atoms with van der Waals surface area (Å²) >= 11 is 0. The Morgan fingerprint density at radius 2 is 2.22 bits per heavy atom. The Balaban J connectivity index is 2.12. The van der Waals surface area contributed by atoms with Crippen LogP contribution in [0.3, 0.4) is 0 Å². The number of likely N-dealkylation sites (tertiary alicyclic amines) is 1. The molecule has 0 radical (unpaired) electrons. The summed E-state index contributed by atoms with van der Waals surface area (Å²) in [5.74, 6) is 2.31. The van der Waals surface area contributed by atoms with E-state index in [-0.39, 0.29) is 17.5 Å². The van der Waals surface area contributed by atoms with Crippen molar-refractivity contribution in [3.63, 3.8) is 0 Å². The summed E-state index contributed by atoms with van der Waals surface area (Å²) in [5, 5.41) is 9.62. The largest absolute Gasteiger partial charge is 0.480 e. The zero-order valence-electron chi connectivity index (χ0n) is 14.6. The molecule has 23 heavy (non-hydrogen) atoms. The topological polar surface area (TPSA) is 53.0 Å². The number of carbonyl (C=O) groups is 1. The minimum absolute atomic E-state index is 0.0985. The fourth-order valence-corrected chi connectivity index (χ4v) is 3.89. The van der Waals surface area contributed by atoms with E-state index in [0.717, 1.165) is 38.9 Å². The second-order valence-corrected chi connectivity index (χ2v) is 7.18. The number of hydrogen-bond donors (Lipinski definition) is 1. The molecule has 2 saturated heterocycles. The quantitative estimate of drug-likeness (QED) is 0.689. The predicted molar refractivity (Wildman–Crippen MR) is 90.2 cm³/mol. The highest BCUT2D eigenvalue weighted by Gasteiger charge is 2.45. The van der Waals surface area contributed by atoms with Crippen LogP contribution < -0.4 is 0 Å². The molecule has 1 N–H and O–H groups in total. The molecule has 2 atom stereocenters. The first-order valence-corrected chi connectivity index (χ1v) is 8.74. The lowest BCUT2D eigenvalue weighted by Crippen LogP contribution is -2.64. The molecular formula is C18H30N2O3. The highest BCUT2D eigenvalue weighted by molar-refractivity contribution is 5.73. The van der Waals surface area contributed by atoms with Crippen LogP contribution in [-0.4, -0.2) is 71.3 Å². The molecule has 0 amide bonds. The van der Waals surface area contributed by atoms with Crippen molar-refractivity contribution < 1.29 is 14.6 Å². The van der Waals surface area contributed by atoms with Gasteiger partial charge in [0.05, 0.1) is 13.2 Å². The number of ether oxygens (including phenoxy) is 1. The number of hydrogen-bond acceptors (Lipinski definition) is 4. The van der Waals surface area contributed by atoms with Crippen LogP contribution >= 0.6 is 0 Å². The van der Waals surface area contributed by atoms with E-state index in [1.54, 1.807) is 0 Å². The lowest BCUT2D eigenvalue weighted by molar-refractivity contribution is -0.146. The minimum Gasteiger partial charge on any atom is -0.480 e. The molecule has 0 aromatic heterocycles. The third kappa shape index (κ3) is 3.71. The summed E-state index contributed by atoms with van der Waals surface area (Å²) in [6, 6.07) is -0.152. The molecule has 130 valence electrons. The SMILES string of the molecule is C#CC1(N(CCC)CC2CCCN2C(C(=O)O)C(C)C)COC1. The number of rotatable bonds is 8. The van der Waals surface area contributed by atoms with E-state index < -0.39 is 12.0 Å². The van der Waals surface area contributed by atoms with Gasteiger partial charge in [-0.05, 0) is 38.3 Å². The zero-order chi connectivity index (χ0) is 17.0. The Labute approximate surface area is 140 Å². The van der Waals surface area contributed by atoms with E-state index in [1.165, 1.54) is 0 Å². The van der Waals surface area contributed by atoms with Crippen molar-refractivity contribution >= 4 is 5.97 Å². The summed E-state index contributed by atoms with van der Waals surface area (Å²) in [4.78, 5) is 16.2. The fraction of sp³-hybridized carbons (Fsp3) is 0.833. The molecule has 0 saturated carbocycles. The maximum atomic E-state index is 11.7. The van der Waals surface area contributed by atoms with Crippen molar-refractivity contribution in [2.24, 2.45) is 5.92 Å². The summed E-state index contributed by atoms with van der Waals surface area (Å²) < 4.78 is 5.38. The number of carboxylic acid groups (broad SMARTS) is 1. The molecular weight excluding hydrogens is 292 g/mol. The second kappa shape index (κ2) is 7.65. The Hall–Kier alpha value is -1.09. The smallest absolute Gasteiger partial charge is 0.321 e. The second-order valence-electron chi connectivity index (χ2n) is 7.18. The molecule has 0 spiro atoms. The fourth-order valence-electron chi connectivity index (χ4n) is 3.89. The van der Waals surface area contributed by atoms with Crippen molar-refractivity contribution in [3.05, 3.63) is 0 Å². The van der Waals surface area contributed by atoms with Crippen LogP contribution in [0.4, 0.5) is 0 Å². The zero-order valence-corrected chi connectivity index (χ0v) is 14.6. The van der Waals surface area contributed by atoms with E-state index in [4.69, 9.17) is 11.2 Å². The molecule has 2 fully saturated rings. The van der Waals surface area contributed by atoms with Crippen molar-refractivity contribution in [2.45, 2.75) is 57.7 Å². The molecule has 0 bridgehead atoms. The van der Waals surface area contributed by atoms with Gasteiger partial charge in [0.25, 0.3) is 0 Å². The van der Waals surface area contributed by atoms with E-state index >= 15 is 0 Å². The maximum Gasteiger partial charge on any atom is 0.321 e. The van der Waals surface area contributed by atoms with Crippen molar-refractivity contribution in [2.75, 3.05) is 32.8 Å². The van der Waals surface area contributed by atoms with E-state index in [9.17, 15) is 9.90 Å². The first-order valence-electron chi connectivity index (χ1n) is 8.74. The van der Waals surface area contributed by atoms with E-state index in [1.807, 2.05) is 13.8 Å². The Morgan fingerprint density at radius 3 is 2.65 bits per heavy atom. The monoisotopic (exact) mass is 322 g/mol. The Kier molecular flexibility index (Phi) is 6.07. The summed E-state index contributed by atoms with van der Waals surface area (Å²) in [5.41, 5.74) is -0.291. The van der Waals surface area contributed by atoms with Crippen LogP contribution in [0.5, 0.6) is 0 Å². The van der Waals surface area contributed by atoms with Crippen LogP contribution in [0.1, 0.15) is 40.0 Å². The molecule has 2 aliphatic heterocycles. The molecule has 2 unspecified atom stereocenters. The van der Waals surface area contributed by atoms with E-state index in [0.29, 0.717) is 13.2 Å².